The van der Waals surface area contributed by atoms with E-state index < -0.39 is 0 Å². The van der Waals surface area contributed by atoms with Gasteiger partial charge in [0.1, 0.15) is 5.75 Å². The van der Waals surface area contributed by atoms with Gasteiger partial charge in [0.2, 0.25) is 11.7 Å². The molecule has 6 heteroatoms. The summed E-state index contributed by atoms with van der Waals surface area (Å²) in [7, 11) is 0. The van der Waals surface area contributed by atoms with E-state index in [2.05, 4.69) is 15.5 Å². The highest BCUT2D eigenvalue weighted by molar-refractivity contribution is 6.04. The van der Waals surface area contributed by atoms with Gasteiger partial charge >= 0.3 is 0 Å². The number of amides is 1. The van der Waals surface area contributed by atoms with Crippen LogP contribution in [0.5, 0.6) is 5.75 Å². The summed E-state index contributed by atoms with van der Waals surface area (Å²) in [5, 5.41) is 6.90. The van der Waals surface area contributed by atoms with Gasteiger partial charge in [-0.05, 0) is 55.5 Å². The lowest BCUT2D eigenvalue weighted by atomic mass is 9.97. The van der Waals surface area contributed by atoms with Crippen molar-refractivity contribution in [2.45, 2.75) is 33.1 Å². The van der Waals surface area contributed by atoms with E-state index in [1.807, 2.05) is 52.0 Å². The lowest BCUT2D eigenvalue weighted by Gasteiger charge is -2.10. The number of aromatic nitrogens is 2. The monoisotopic (exact) mass is 365 g/mol. The Morgan fingerprint density at radius 3 is 2.30 bits per heavy atom. The van der Waals surface area contributed by atoms with Crippen molar-refractivity contribution >= 4 is 11.6 Å². The SMILES string of the molecule is CCOc1ccc(C(=O)Nc2ccc(-c3noc(C(C)(C)C)n3)cc2)cc1. The van der Waals surface area contributed by atoms with Crippen molar-refractivity contribution in [3.63, 3.8) is 0 Å². The predicted octanol–water partition coefficient (Wildman–Crippen LogP) is 4.69. The fourth-order valence-corrected chi connectivity index (χ4v) is 2.42. The summed E-state index contributed by atoms with van der Waals surface area (Å²) in [6.07, 6.45) is 0. The summed E-state index contributed by atoms with van der Waals surface area (Å²) < 4.78 is 10.7. The Hall–Kier alpha value is -3.15. The average Bonchev–Trinajstić information content (AvgIpc) is 3.14. The first-order chi connectivity index (χ1) is 12.9. The summed E-state index contributed by atoms with van der Waals surface area (Å²) in [5.74, 6) is 1.68. The molecule has 2 aromatic carbocycles. The zero-order valence-corrected chi connectivity index (χ0v) is 15.9. The van der Waals surface area contributed by atoms with Gasteiger partial charge < -0.3 is 14.6 Å². The number of nitrogens with one attached hydrogen (secondary N) is 1. The van der Waals surface area contributed by atoms with Crippen molar-refractivity contribution in [2.24, 2.45) is 0 Å². The molecule has 1 amide bonds. The largest absolute Gasteiger partial charge is 0.494 e. The zero-order chi connectivity index (χ0) is 19.4. The molecule has 0 fully saturated rings. The fourth-order valence-electron chi connectivity index (χ4n) is 2.42. The summed E-state index contributed by atoms with van der Waals surface area (Å²) in [4.78, 5) is 16.8. The molecule has 6 nitrogen and oxygen atoms in total. The van der Waals surface area contributed by atoms with Crippen LogP contribution >= 0.6 is 0 Å². The Morgan fingerprint density at radius 1 is 1.07 bits per heavy atom. The smallest absolute Gasteiger partial charge is 0.255 e. The van der Waals surface area contributed by atoms with Gasteiger partial charge in [-0.2, -0.15) is 4.98 Å². The Kier molecular flexibility index (Phi) is 5.26. The van der Waals surface area contributed by atoms with Gasteiger partial charge in [0.25, 0.3) is 5.91 Å². The number of carbonyl (C=O) groups is 1. The minimum atomic E-state index is -0.198. The maximum absolute atomic E-state index is 12.4. The third kappa shape index (κ3) is 4.53. The first-order valence-electron chi connectivity index (χ1n) is 8.85. The average molecular weight is 365 g/mol. The van der Waals surface area contributed by atoms with Crippen LogP contribution < -0.4 is 10.1 Å². The number of ether oxygens (including phenoxy) is 1. The maximum Gasteiger partial charge on any atom is 0.255 e. The molecule has 0 bridgehead atoms. The molecule has 1 aromatic heterocycles. The Morgan fingerprint density at radius 2 is 1.74 bits per heavy atom. The Bertz CT molecular complexity index is 907. The highest BCUT2D eigenvalue weighted by atomic mass is 16.5. The molecule has 0 aliphatic carbocycles. The summed E-state index contributed by atoms with van der Waals surface area (Å²) in [6, 6.07) is 14.4. The third-order valence-electron chi connectivity index (χ3n) is 3.90. The topological polar surface area (TPSA) is 77.2 Å². The van der Waals surface area contributed by atoms with E-state index in [1.54, 1.807) is 24.3 Å². The van der Waals surface area contributed by atoms with Gasteiger partial charge in [-0.25, -0.2) is 0 Å². The van der Waals surface area contributed by atoms with E-state index in [0.717, 1.165) is 11.3 Å². The van der Waals surface area contributed by atoms with Crippen molar-refractivity contribution in [1.82, 2.24) is 10.1 Å². The van der Waals surface area contributed by atoms with E-state index in [9.17, 15) is 4.79 Å². The van der Waals surface area contributed by atoms with Gasteiger partial charge in [-0.15, -0.1) is 0 Å². The van der Waals surface area contributed by atoms with E-state index in [1.165, 1.54) is 0 Å². The van der Waals surface area contributed by atoms with Crippen molar-refractivity contribution in [2.75, 3.05) is 11.9 Å². The van der Waals surface area contributed by atoms with Crippen LogP contribution in [0.2, 0.25) is 0 Å². The molecule has 3 rings (SSSR count). The molecule has 0 spiro atoms. The zero-order valence-electron chi connectivity index (χ0n) is 15.9. The summed E-state index contributed by atoms with van der Waals surface area (Å²) in [6.45, 7) is 8.57. The maximum atomic E-state index is 12.4. The van der Waals surface area contributed by atoms with Crippen molar-refractivity contribution in [1.29, 1.82) is 0 Å². The molecule has 0 saturated carbocycles. The highest BCUT2D eigenvalue weighted by Crippen LogP contribution is 2.24. The molecule has 1 heterocycles. The number of benzene rings is 2. The molecule has 1 N–H and O–H groups in total. The molecule has 0 unspecified atom stereocenters. The standard InChI is InChI=1S/C21H23N3O3/c1-5-26-17-12-8-15(9-13-17)19(25)22-16-10-6-14(7-11-16)18-23-20(27-24-18)21(2,3)4/h6-13H,5H2,1-4H3,(H,22,25). The van der Waals surface area contributed by atoms with Gasteiger partial charge in [0.05, 0.1) is 6.61 Å². The Balaban J connectivity index is 1.68. The van der Waals surface area contributed by atoms with Crippen LogP contribution in [0.25, 0.3) is 11.4 Å². The van der Waals surface area contributed by atoms with Crippen LogP contribution in [-0.4, -0.2) is 22.7 Å². The first kappa shape index (κ1) is 18.6. The van der Waals surface area contributed by atoms with Crippen LogP contribution in [0.15, 0.2) is 53.1 Å². The molecule has 0 radical (unpaired) electrons. The van der Waals surface area contributed by atoms with E-state index >= 15 is 0 Å². The van der Waals surface area contributed by atoms with Crippen molar-refractivity contribution < 1.29 is 14.1 Å². The molecular weight excluding hydrogens is 342 g/mol. The van der Waals surface area contributed by atoms with Gasteiger partial charge in [0, 0.05) is 22.2 Å². The number of hydrogen-bond acceptors (Lipinski definition) is 5. The number of rotatable bonds is 5. The van der Waals surface area contributed by atoms with Crippen LogP contribution in [0, 0.1) is 0 Å². The lowest BCUT2D eigenvalue weighted by Crippen LogP contribution is -2.11. The van der Waals surface area contributed by atoms with E-state index in [4.69, 9.17) is 9.26 Å². The summed E-state index contributed by atoms with van der Waals surface area (Å²) >= 11 is 0. The third-order valence-corrected chi connectivity index (χ3v) is 3.90. The summed E-state index contributed by atoms with van der Waals surface area (Å²) in [5.41, 5.74) is 1.89. The van der Waals surface area contributed by atoms with E-state index in [0.29, 0.717) is 29.6 Å². The van der Waals surface area contributed by atoms with Crippen LogP contribution in [0.1, 0.15) is 43.9 Å². The van der Waals surface area contributed by atoms with Crippen molar-refractivity contribution in [3.8, 4) is 17.1 Å². The minimum Gasteiger partial charge on any atom is -0.494 e. The molecule has 0 aliphatic rings. The molecule has 3 aromatic rings. The highest BCUT2D eigenvalue weighted by Gasteiger charge is 2.22. The molecular formula is C21H23N3O3. The second-order valence-corrected chi connectivity index (χ2v) is 7.16. The normalized spacial score (nSPS) is 11.3. The number of carbonyl (C=O) groups excluding carboxylic acids is 1. The number of nitrogens with zero attached hydrogens (tertiary/aromatic N) is 2. The van der Waals surface area contributed by atoms with Crippen molar-refractivity contribution in [3.05, 3.63) is 60.0 Å². The second kappa shape index (κ2) is 7.61. The molecule has 0 atom stereocenters. The van der Waals surface area contributed by atoms with Crippen LogP contribution in [0.4, 0.5) is 5.69 Å². The number of hydrogen-bond donors (Lipinski definition) is 1. The van der Waals surface area contributed by atoms with Gasteiger partial charge in [-0.1, -0.05) is 25.9 Å². The minimum absolute atomic E-state index is 0.180. The van der Waals surface area contributed by atoms with E-state index in [-0.39, 0.29) is 11.3 Å². The second-order valence-electron chi connectivity index (χ2n) is 7.16. The van der Waals surface area contributed by atoms with Crippen LogP contribution in [0.3, 0.4) is 0 Å². The van der Waals surface area contributed by atoms with Crippen LogP contribution in [-0.2, 0) is 5.41 Å². The van der Waals surface area contributed by atoms with Gasteiger partial charge in [0.15, 0.2) is 0 Å². The molecule has 27 heavy (non-hydrogen) atoms. The molecule has 140 valence electrons. The fraction of sp³-hybridized carbons (Fsp3) is 0.286. The number of anilines is 1. The lowest BCUT2D eigenvalue weighted by molar-refractivity contribution is 0.102. The predicted molar refractivity (Wildman–Crippen MR) is 104 cm³/mol. The van der Waals surface area contributed by atoms with Gasteiger partial charge in [-0.3, -0.25) is 4.79 Å². The Labute approximate surface area is 158 Å². The quantitative estimate of drug-likeness (QED) is 0.710. The molecule has 0 aliphatic heterocycles. The molecule has 0 saturated heterocycles. The first-order valence-corrected chi connectivity index (χ1v) is 8.85.